The molecule has 3 rings (SSSR count). The standard InChI is InChI=1S/C25H31BrN4O3S/c1-15(2)13-30-24(18(5)33-20-9-7-19(32-6)8-10-20)28-29-25(30)34-14-23(31)27-22-12-17(4)16(3)11-21(22)26/h7-12,15,18H,13-14H2,1-6H3,(H,27,31). The molecule has 0 saturated heterocycles. The summed E-state index contributed by atoms with van der Waals surface area (Å²) in [4.78, 5) is 12.7. The van der Waals surface area contributed by atoms with Crippen LogP contribution in [-0.2, 0) is 11.3 Å². The Morgan fingerprint density at radius 3 is 2.38 bits per heavy atom. The summed E-state index contributed by atoms with van der Waals surface area (Å²) in [6.45, 7) is 11.0. The summed E-state index contributed by atoms with van der Waals surface area (Å²) in [6.07, 6.45) is -0.311. The number of amides is 1. The number of rotatable bonds is 10. The van der Waals surface area contributed by atoms with Crippen molar-refractivity contribution in [3.05, 3.63) is 57.8 Å². The highest BCUT2D eigenvalue weighted by Crippen LogP contribution is 2.28. The maximum atomic E-state index is 12.7. The van der Waals surface area contributed by atoms with E-state index in [0.717, 1.165) is 39.6 Å². The van der Waals surface area contributed by atoms with E-state index in [0.29, 0.717) is 11.1 Å². The molecule has 1 N–H and O–H groups in total. The van der Waals surface area contributed by atoms with Gasteiger partial charge in [-0.3, -0.25) is 4.79 Å². The highest BCUT2D eigenvalue weighted by molar-refractivity contribution is 9.10. The number of nitrogens with one attached hydrogen (secondary N) is 1. The normalized spacial score (nSPS) is 12.0. The molecule has 1 heterocycles. The van der Waals surface area contributed by atoms with Gasteiger partial charge in [0, 0.05) is 11.0 Å². The van der Waals surface area contributed by atoms with E-state index in [1.807, 2.05) is 61.7 Å². The Hall–Kier alpha value is -2.52. The zero-order chi connectivity index (χ0) is 24.8. The Labute approximate surface area is 213 Å². The van der Waals surface area contributed by atoms with Crippen LogP contribution in [0, 0.1) is 19.8 Å². The van der Waals surface area contributed by atoms with E-state index in [1.165, 1.54) is 17.3 Å². The van der Waals surface area contributed by atoms with Crippen molar-refractivity contribution in [3.8, 4) is 11.5 Å². The number of benzene rings is 2. The van der Waals surface area contributed by atoms with Gasteiger partial charge in [-0.05, 0) is 90.1 Å². The second-order valence-electron chi connectivity index (χ2n) is 8.53. The molecule has 1 aromatic heterocycles. The smallest absolute Gasteiger partial charge is 0.234 e. The van der Waals surface area contributed by atoms with E-state index in [-0.39, 0.29) is 17.8 Å². The first-order chi connectivity index (χ1) is 16.2. The fourth-order valence-electron chi connectivity index (χ4n) is 3.35. The Kier molecular flexibility index (Phi) is 9.02. The van der Waals surface area contributed by atoms with Crippen molar-refractivity contribution in [2.45, 2.75) is 52.4 Å². The molecule has 182 valence electrons. The van der Waals surface area contributed by atoms with Gasteiger partial charge < -0.3 is 19.4 Å². The zero-order valence-electron chi connectivity index (χ0n) is 20.4. The van der Waals surface area contributed by atoms with Crippen LogP contribution in [0.2, 0.25) is 0 Å². The monoisotopic (exact) mass is 546 g/mol. The number of carbonyl (C=O) groups is 1. The second kappa shape index (κ2) is 11.8. The Morgan fingerprint density at radius 2 is 1.74 bits per heavy atom. The molecule has 0 saturated carbocycles. The van der Waals surface area contributed by atoms with E-state index in [2.05, 4.69) is 45.3 Å². The number of hydrogen-bond donors (Lipinski definition) is 1. The highest BCUT2D eigenvalue weighted by Gasteiger charge is 2.21. The molecule has 1 unspecified atom stereocenters. The Morgan fingerprint density at radius 1 is 1.09 bits per heavy atom. The van der Waals surface area contributed by atoms with Crippen molar-refractivity contribution in [1.29, 1.82) is 0 Å². The summed E-state index contributed by atoms with van der Waals surface area (Å²) in [7, 11) is 1.63. The van der Waals surface area contributed by atoms with Crippen LogP contribution in [-0.4, -0.2) is 33.5 Å². The van der Waals surface area contributed by atoms with E-state index >= 15 is 0 Å². The maximum Gasteiger partial charge on any atom is 0.234 e. The van der Waals surface area contributed by atoms with Crippen LogP contribution in [0.5, 0.6) is 11.5 Å². The minimum absolute atomic E-state index is 0.0999. The van der Waals surface area contributed by atoms with Crippen LogP contribution in [0.3, 0.4) is 0 Å². The van der Waals surface area contributed by atoms with Crippen molar-refractivity contribution in [2.75, 3.05) is 18.2 Å². The minimum Gasteiger partial charge on any atom is -0.497 e. The maximum absolute atomic E-state index is 12.7. The van der Waals surface area contributed by atoms with E-state index < -0.39 is 0 Å². The number of methoxy groups -OCH3 is 1. The molecule has 7 nitrogen and oxygen atoms in total. The number of nitrogens with zero attached hydrogens (tertiary/aromatic N) is 3. The molecule has 0 radical (unpaired) electrons. The fraction of sp³-hybridized carbons (Fsp3) is 0.400. The number of anilines is 1. The van der Waals surface area contributed by atoms with Crippen molar-refractivity contribution in [3.63, 3.8) is 0 Å². The quantitative estimate of drug-likeness (QED) is 0.305. The van der Waals surface area contributed by atoms with Crippen molar-refractivity contribution in [2.24, 2.45) is 5.92 Å². The van der Waals surface area contributed by atoms with E-state index in [9.17, 15) is 4.79 Å². The van der Waals surface area contributed by atoms with Gasteiger partial charge in [-0.1, -0.05) is 25.6 Å². The summed E-state index contributed by atoms with van der Waals surface area (Å²) in [5, 5.41) is 12.4. The van der Waals surface area contributed by atoms with Crippen LogP contribution in [0.1, 0.15) is 43.8 Å². The molecule has 1 amide bonds. The zero-order valence-corrected chi connectivity index (χ0v) is 22.8. The average molecular weight is 548 g/mol. The van der Waals surface area contributed by atoms with E-state index in [4.69, 9.17) is 9.47 Å². The molecular formula is C25H31BrN4O3S. The second-order valence-corrected chi connectivity index (χ2v) is 10.3. The summed E-state index contributed by atoms with van der Waals surface area (Å²) < 4.78 is 14.2. The van der Waals surface area contributed by atoms with Gasteiger partial charge in [0.2, 0.25) is 5.91 Å². The number of ether oxygens (including phenoxy) is 2. The number of hydrogen-bond acceptors (Lipinski definition) is 6. The number of thioether (sulfide) groups is 1. The van der Waals surface area contributed by atoms with Crippen LogP contribution in [0.15, 0.2) is 46.0 Å². The van der Waals surface area contributed by atoms with Gasteiger partial charge in [0.15, 0.2) is 17.1 Å². The molecule has 0 fully saturated rings. The lowest BCUT2D eigenvalue weighted by atomic mass is 10.1. The van der Waals surface area contributed by atoms with Crippen LogP contribution in [0.4, 0.5) is 5.69 Å². The lowest BCUT2D eigenvalue weighted by Crippen LogP contribution is -2.17. The third-order valence-electron chi connectivity index (χ3n) is 5.22. The molecule has 0 aliphatic rings. The Balaban J connectivity index is 1.70. The number of aryl methyl sites for hydroxylation is 2. The molecule has 1 atom stereocenters. The van der Waals surface area contributed by atoms with Gasteiger partial charge in [0.1, 0.15) is 11.5 Å². The third kappa shape index (κ3) is 6.76. The molecule has 34 heavy (non-hydrogen) atoms. The van der Waals surface area contributed by atoms with Crippen molar-refractivity contribution >= 4 is 39.3 Å². The SMILES string of the molecule is COc1ccc(OC(C)c2nnc(SCC(=O)Nc3cc(C)c(C)cc3Br)n2CC(C)C)cc1. The fourth-order valence-corrected chi connectivity index (χ4v) is 4.66. The molecule has 0 bridgehead atoms. The van der Waals surface area contributed by atoms with Crippen LogP contribution >= 0.6 is 27.7 Å². The summed E-state index contributed by atoms with van der Waals surface area (Å²) in [5.41, 5.74) is 3.05. The molecule has 0 aliphatic heterocycles. The molecule has 0 aliphatic carbocycles. The van der Waals surface area contributed by atoms with Crippen molar-refractivity contribution in [1.82, 2.24) is 14.8 Å². The molecule has 9 heteroatoms. The topological polar surface area (TPSA) is 78.3 Å². The number of halogens is 1. The minimum atomic E-state index is -0.311. The van der Waals surface area contributed by atoms with Crippen LogP contribution in [0.25, 0.3) is 0 Å². The van der Waals surface area contributed by atoms with E-state index in [1.54, 1.807) is 7.11 Å². The predicted octanol–water partition coefficient (Wildman–Crippen LogP) is 6.19. The lowest BCUT2D eigenvalue weighted by molar-refractivity contribution is -0.113. The Bertz CT molecular complexity index is 1130. The molecule has 3 aromatic rings. The first-order valence-electron chi connectivity index (χ1n) is 11.1. The van der Waals surface area contributed by atoms with Crippen LogP contribution < -0.4 is 14.8 Å². The summed E-state index contributed by atoms with van der Waals surface area (Å²) in [6, 6.07) is 11.4. The first kappa shape index (κ1) is 26.1. The van der Waals surface area contributed by atoms with Crippen molar-refractivity contribution < 1.29 is 14.3 Å². The van der Waals surface area contributed by atoms with Gasteiger partial charge in [0.25, 0.3) is 0 Å². The number of aromatic nitrogens is 3. The van der Waals surface area contributed by atoms with Gasteiger partial charge in [-0.15, -0.1) is 10.2 Å². The predicted molar refractivity (Wildman–Crippen MR) is 140 cm³/mol. The average Bonchev–Trinajstić information content (AvgIpc) is 3.18. The molecule has 2 aromatic carbocycles. The number of carbonyl (C=O) groups excluding carboxylic acids is 1. The molecular weight excluding hydrogens is 516 g/mol. The lowest BCUT2D eigenvalue weighted by Gasteiger charge is -2.18. The summed E-state index contributed by atoms with van der Waals surface area (Å²) >= 11 is 4.90. The van der Waals surface area contributed by atoms with Gasteiger partial charge in [-0.2, -0.15) is 0 Å². The van der Waals surface area contributed by atoms with Gasteiger partial charge >= 0.3 is 0 Å². The van der Waals surface area contributed by atoms with Gasteiger partial charge in [0.05, 0.1) is 18.6 Å². The highest BCUT2D eigenvalue weighted by atomic mass is 79.9. The first-order valence-corrected chi connectivity index (χ1v) is 12.9. The molecule has 0 spiro atoms. The van der Waals surface area contributed by atoms with Gasteiger partial charge in [-0.25, -0.2) is 0 Å². The third-order valence-corrected chi connectivity index (χ3v) is 6.84. The summed E-state index contributed by atoms with van der Waals surface area (Å²) in [5.74, 6) is 2.72. The largest absolute Gasteiger partial charge is 0.497 e.